The van der Waals surface area contributed by atoms with E-state index in [2.05, 4.69) is 42.9 Å². The Labute approximate surface area is 210 Å². The molecule has 0 aromatic heterocycles. The lowest BCUT2D eigenvalue weighted by Crippen LogP contribution is -2.58. The molecule has 3 heterocycles. The molecule has 0 aromatic rings. The number of hydrogen-bond donors (Lipinski definition) is 3. The molecule has 1 unspecified atom stereocenters. The quantitative estimate of drug-likeness (QED) is 0.225. The minimum atomic E-state index is -0.880. The predicted molar refractivity (Wildman–Crippen MR) is 127 cm³/mol. The Hall–Kier alpha value is -1.60. The largest absolute Gasteiger partial charge is 0.345 e. The molecule has 3 amide bonds. The van der Waals surface area contributed by atoms with E-state index in [1.807, 2.05) is 0 Å². The van der Waals surface area contributed by atoms with Crippen molar-refractivity contribution < 1.29 is 39.3 Å². The van der Waals surface area contributed by atoms with Gasteiger partial charge >= 0.3 is 12.0 Å². The Kier molecular flexibility index (Phi) is 11.9. The van der Waals surface area contributed by atoms with Crippen LogP contribution in [0.5, 0.6) is 0 Å². The van der Waals surface area contributed by atoms with E-state index in [9.17, 15) is 14.4 Å². The number of unbranched alkanes of at least 4 members (excludes halogenated alkanes) is 8. The van der Waals surface area contributed by atoms with Crippen LogP contribution in [0.3, 0.4) is 0 Å². The fourth-order valence-electron chi connectivity index (χ4n) is 4.87. The van der Waals surface area contributed by atoms with Crippen LogP contribution in [-0.4, -0.2) is 46.7 Å². The van der Waals surface area contributed by atoms with Crippen molar-refractivity contribution in [1.82, 2.24) is 16.0 Å². The maximum atomic E-state index is 13.6. The van der Waals surface area contributed by atoms with Gasteiger partial charge in [0.1, 0.15) is 4.75 Å². The number of amides is 3. The van der Waals surface area contributed by atoms with Crippen LogP contribution in [0, 0.1) is 0 Å². The van der Waals surface area contributed by atoms with Gasteiger partial charge in [0.25, 0.3) is 0 Å². The maximum absolute atomic E-state index is 13.6. The van der Waals surface area contributed by atoms with Crippen molar-refractivity contribution >= 4 is 29.7 Å². The van der Waals surface area contributed by atoms with Gasteiger partial charge in [-0.15, -0.1) is 11.8 Å². The third-order valence-corrected chi connectivity index (χ3v) is 8.48. The summed E-state index contributed by atoms with van der Waals surface area (Å²) in [6, 6.07) is -0.757. The van der Waals surface area contributed by atoms with Crippen molar-refractivity contribution in [3.05, 3.63) is 0 Å². The molecule has 4 atom stereocenters. The fourth-order valence-corrected chi connectivity index (χ4v) is 6.50. The molecular formula is C23H39N3O8S. The predicted octanol–water partition coefficient (Wildman–Crippen LogP) is 3.73. The van der Waals surface area contributed by atoms with Crippen molar-refractivity contribution in [2.45, 2.75) is 120 Å². The van der Waals surface area contributed by atoms with E-state index in [1.54, 1.807) is 0 Å². The number of carbonyl (C=O) groups is 3. The van der Waals surface area contributed by atoms with Crippen LogP contribution in [0.1, 0.15) is 96.8 Å². The van der Waals surface area contributed by atoms with Gasteiger partial charge in [-0.3, -0.25) is 9.68 Å². The summed E-state index contributed by atoms with van der Waals surface area (Å²) in [5, 5.41) is 21.9. The van der Waals surface area contributed by atoms with E-state index in [1.165, 1.54) is 50.3 Å². The van der Waals surface area contributed by atoms with Gasteiger partial charge in [0.2, 0.25) is 5.91 Å². The lowest BCUT2D eigenvalue weighted by Gasteiger charge is -2.33. The number of thioether (sulfide) groups is 1. The van der Waals surface area contributed by atoms with Gasteiger partial charge in [-0.25, -0.2) is 9.59 Å². The highest BCUT2D eigenvalue weighted by Crippen LogP contribution is 2.44. The van der Waals surface area contributed by atoms with Crippen molar-refractivity contribution in [2.24, 2.45) is 0 Å². The van der Waals surface area contributed by atoms with Gasteiger partial charge in [0.15, 0.2) is 6.23 Å². The van der Waals surface area contributed by atoms with E-state index < -0.39 is 16.9 Å². The lowest BCUT2D eigenvalue weighted by atomic mass is 9.88. The molecule has 3 N–H and O–H groups in total. The molecule has 12 heteroatoms. The minimum absolute atomic E-state index is 0.0898. The Morgan fingerprint density at radius 1 is 0.886 bits per heavy atom. The molecule has 3 aliphatic rings. The highest BCUT2D eigenvalue weighted by atomic mass is 32.2. The first-order valence-corrected chi connectivity index (χ1v) is 13.9. The number of nitrogens with one attached hydrogen (secondary N) is 3. The third kappa shape index (κ3) is 8.49. The number of hydrogen-bond acceptors (Lipinski definition) is 9. The summed E-state index contributed by atoms with van der Waals surface area (Å²) >= 11 is 1.52. The van der Waals surface area contributed by atoms with Crippen LogP contribution in [0.2, 0.25) is 0 Å². The molecule has 3 aliphatic heterocycles. The lowest BCUT2D eigenvalue weighted by molar-refractivity contribution is -0.703. The normalized spacial score (nSPS) is 30.2. The van der Waals surface area contributed by atoms with Gasteiger partial charge in [0, 0.05) is 22.3 Å². The number of urea groups is 1. The van der Waals surface area contributed by atoms with E-state index in [0.29, 0.717) is 31.4 Å². The number of fused-ring (bicyclic) bond motifs is 2. The summed E-state index contributed by atoms with van der Waals surface area (Å²) in [4.78, 5) is 47.0. The molecule has 11 nitrogen and oxygen atoms in total. The van der Waals surface area contributed by atoms with Gasteiger partial charge < -0.3 is 16.0 Å². The van der Waals surface area contributed by atoms with Crippen LogP contribution < -0.4 is 16.0 Å². The second-order valence-corrected chi connectivity index (χ2v) is 10.8. The number of rotatable bonds is 10. The van der Waals surface area contributed by atoms with Crippen LogP contribution in [0.15, 0.2) is 0 Å². The highest BCUT2D eigenvalue weighted by Gasteiger charge is 2.57. The molecule has 0 radical (unpaired) electrons. The molecular weight excluding hydrogens is 478 g/mol. The molecule has 0 saturated carbocycles. The second-order valence-electron chi connectivity index (χ2n) is 9.44. The van der Waals surface area contributed by atoms with Crippen LogP contribution in [0.4, 0.5) is 4.79 Å². The fraction of sp³-hybridized carbons (Fsp3) is 0.870. The van der Waals surface area contributed by atoms with E-state index in [-0.39, 0.29) is 30.4 Å². The highest BCUT2D eigenvalue weighted by molar-refractivity contribution is 8.01. The van der Waals surface area contributed by atoms with Crippen molar-refractivity contribution in [3.8, 4) is 0 Å². The van der Waals surface area contributed by atoms with E-state index in [4.69, 9.17) is 4.89 Å². The SMILES string of the molecule is CCCCCCCCCCCC1NC(=O)[C@@]2(CCCCC(=O)OOOOO1)SC[C@@H]1NC(=O)N[C@@H]12. The Morgan fingerprint density at radius 2 is 1.63 bits per heavy atom. The first-order valence-electron chi connectivity index (χ1n) is 12.9. The second kappa shape index (κ2) is 14.8. The van der Waals surface area contributed by atoms with Crippen molar-refractivity contribution in [3.63, 3.8) is 0 Å². The molecule has 0 bridgehead atoms. The van der Waals surface area contributed by atoms with Gasteiger partial charge in [0.05, 0.1) is 12.1 Å². The zero-order chi connectivity index (χ0) is 24.9. The molecule has 0 aliphatic carbocycles. The minimum Gasteiger partial charge on any atom is -0.332 e. The Morgan fingerprint density at radius 3 is 2.40 bits per heavy atom. The first kappa shape index (κ1) is 28.0. The van der Waals surface area contributed by atoms with E-state index in [0.717, 1.165) is 19.3 Å². The zero-order valence-corrected chi connectivity index (χ0v) is 21.3. The third-order valence-electron chi connectivity index (χ3n) is 6.79. The topological polar surface area (TPSA) is 133 Å². The van der Waals surface area contributed by atoms with Crippen LogP contribution >= 0.6 is 11.8 Å². The molecule has 1 spiro atoms. The maximum Gasteiger partial charge on any atom is 0.345 e. The van der Waals surface area contributed by atoms with Gasteiger partial charge in [-0.2, -0.15) is 4.89 Å². The van der Waals surface area contributed by atoms with Gasteiger partial charge in [-0.05, 0) is 30.7 Å². The Bertz CT molecular complexity index is 700. The summed E-state index contributed by atoms with van der Waals surface area (Å²) in [6.45, 7) is 2.21. The average molecular weight is 518 g/mol. The van der Waals surface area contributed by atoms with E-state index >= 15 is 0 Å². The monoisotopic (exact) mass is 517 g/mol. The zero-order valence-electron chi connectivity index (χ0n) is 20.5. The Balaban J connectivity index is 1.56. The van der Waals surface area contributed by atoms with Gasteiger partial charge in [-0.1, -0.05) is 64.7 Å². The molecule has 35 heavy (non-hydrogen) atoms. The summed E-state index contributed by atoms with van der Waals surface area (Å²) in [6.07, 6.45) is 11.9. The standard InChI is InChI=1S/C23H39N3O8S/c1-2-3-4-5-6-7-8-9-10-13-18-25-21(28)23(20-17(16-35-23)24-22(29)26-20)15-12-11-14-19(27)31-33-34-32-30-18/h17-18,20H,2-16H2,1H3,(H,25,28)(H2,24,26,29)/t17-,18?,20-,23-/m0/s1. The summed E-state index contributed by atoms with van der Waals surface area (Å²) in [5.41, 5.74) is 0. The van der Waals surface area contributed by atoms with Crippen LogP contribution in [-0.2, 0) is 34.5 Å². The van der Waals surface area contributed by atoms with Crippen LogP contribution in [0.25, 0.3) is 0 Å². The summed E-state index contributed by atoms with van der Waals surface area (Å²) in [5.74, 6) is -0.233. The van der Waals surface area contributed by atoms with Crippen molar-refractivity contribution in [2.75, 3.05) is 5.75 Å². The summed E-state index contributed by atoms with van der Waals surface area (Å²) < 4.78 is -0.880. The number of carbonyl (C=O) groups excluding carboxylic acids is 3. The molecule has 3 saturated heterocycles. The molecule has 3 fully saturated rings. The molecule has 3 rings (SSSR count). The average Bonchev–Trinajstić information content (AvgIpc) is 3.37. The smallest absolute Gasteiger partial charge is 0.332 e. The first-order chi connectivity index (χ1) is 17.0. The molecule has 0 aromatic carbocycles. The van der Waals surface area contributed by atoms with Crippen molar-refractivity contribution in [1.29, 1.82) is 0 Å². The summed E-state index contributed by atoms with van der Waals surface area (Å²) in [7, 11) is 0. The molecule has 200 valence electrons.